The van der Waals surface area contributed by atoms with Gasteiger partial charge in [-0.2, -0.15) is 0 Å². The van der Waals surface area contributed by atoms with E-state index in [2.05, 4.69) is 31.7 Å². The average molecular weight is 487 g/mol. The van der Waals surface area contributed by atoms with Crippen LogP contribution >= 0.6 is 11.6 Å². The van der Waals surface area contributed by atoms with Crippen LogP contribution in [0.5, 0.6) is 0 Å². The third kappa shape index (κ3) is 3.96. The Morgan fingerprint density at radius 3 is 2.77 bits per heavy atom. The molecule has 8 heteroatoms. The van der Waals surface area contributed by atoms with Crippen molar-refractivity contribution in [2.45, 2.75) is 32.4 Å². The summed E-state index contributed by atoms with van der Waals surface area (Å²) >= 11 is 6.30. The maximum atomic E-state index is 13.7. The van der Waals surface area contributed by atoms with Gasteiger partial charge in [-0.1, -0.05) is 17.7 Å². The molecule has 1 atom stereocenters. The quantitative estimate of drug-likeness (QED) is 0.303. The molecule has 0 spiro atoms. The van der Waals surface area contributed by atoms with Gasteiger partial charge in [0.2, 0.25) is 5.95 Å². The molecule has 5 aromatic rings. The zero-order valence-corrected chi connectivity index (χ0v) is 20.0. The fourth-order valence-corrected chi connectivity index (χ4v) is 5.14. The maximum Gasteiger partial charge on any atom is 0.223 e. The first-order valence-electron chi connectivity index (χ1n) is 11.8. The smallest absolute Gasteiger partial charge is 0.223 e. The minimum Gasteiger partial charge on any atom is -0.354 e. The third-order valence-corrected chi connectivity index (χ3v) is 6.78. The summed E-state index contributed by atoms with van der Waals surface area (Å²) in [5.74, 6) is 1.32. The first-order valence-corrected chi connectivity index (χ1v) is 12.2. The summed E-state index contributed by atoms with van der Waals surface area (Å²) in [5, 5.41) is 5.09. The van der Waals surface area contributed by atoms with Gasteiger partial charge in [0.1, 0.15) is 11.6 Å². The average Bonchev–Trinajstić information content (AvgIpc) is 3.55. The van der Waals surface area contributed by atoms with E-state index in [1.807, 2.05) is 31.2 Å². The van der Waals surface area contributed by atoms with E-state index in [0.29, 0.717) is 5.95 Å². The molecule has 0 aliphatic carbocycles. The lowest BCUT2D eigenvalue weighted by atomic mass is 10.1. The number of rotatable bonds is 6. The second-order valence-corrected chi connectivity index (χ2v) is 9.20. The fourth-order valence-electron chi connectivity index (χ4n) is 4.98. The summed E-state index contributed by atoms with van der Waals surface area (Å²) in [5.41, 5.74) is 4.52. The molecule has 1 N–H and O–H groups in total. The fraction of sp³-hybridized carbons (Fsp3) is 0.222. The van der Waals surface area contributed by atoms with Gasteiger partial charge in [0.05, 0.1) is 23.1 Å². The lowest BCUT2D eigenvalue weighted by molar-refractivity contribution is 0.459. The lowest BCUT2D eigenvalue weighted by Crippen LogP contribution is -2.14. The molecule has 0 saturated carbocycles. The summed E-state index contributed by atoms with van der Waals surface area (Å²) in [6.45, 7) is 3.53. The highest BCUT2D eigenvalue weighted by atomic mass is 35.5. The number of hydrogen-bond acceptors (Lipinski definition) is 4. The van der Waals surface area contributed by atoms with Gasteiger partial charge in [0, 0.05) is 48.0 Å². The molecule has 1 unspecified atom stereocenters. The number of nitrogens with zero attached hydrogens (tertiary/aromatic N) is 5. The number of anilines is 1. The van der Waals surface area contributed by atoms with E-state index < -0.39 is 0 Å². The molecule has 0 radical (unpaired) electrons. The topological polar surface area (TPSA) is 60.6 Å². The van der Waals surface area contributed by atoms with Gasteiger partial charge in [-0.25, -0.2) is 19.3 Å². The Bertz CT molecular complexity index is 1520. The van der Waals surface area contributed by atoms with Crippen molar-refractivity contribution in [1.29, 1.82) is 0 Å². The molecule has 35 heavy (non-hydrogen) atoms. The van der Waals surface area contributed by atoms with E-state index in [1.54, 1.807) is 18.3 Å². The van der Waals surface area contributed by atoms with Crippen molar-refractivity contribution < 1.29 is 4.39 Å². The van der Waals surface area contributed by atoms with Crippen LogP contribution in [0, 0.1) is 5.82 Å². The van der Waals surface area contributed by atoms with Crippen LogP contribution in [0.4, 0.5) is 10.3 Å². The van der Waals surface area contributed by atoms with E-state index in [0.717, 1.165) is 70.3 Å². The third-order valence-electron chi connectivity index (χ3n) is 6.54. The molecule has 0 saturated heterocycles. The zero-order chi connectivity index (χ0) is 23.9. The normalized spacial score (nSPS) is 15.0. The second kappa shape index (κ2) is 8.82. The van der Waals surface area contributed by atoms with Crippen molar-refractivity contribution in [2.24, 2.45) is 0 Å². The molecule has 4 heterocycles. The molecular formula is C27H24ClFN6. The summed E-state index contributed by atoms with van der Waals surface area (Å²) in [6.07, 6.45) is 5.72. The minimum atomic E-state index is -0.269. The molecule has 6 rings (SSSR count). The molecule has 6 nitrogen and oxygen atoms in total. The minimum absolute atomic E-state index is 0.189. The predicted molar refractivity (Wildman–Crippen MR) is 137 cm³/mol. The van der Waals surface area contributed by atoms with Gasteiger partial charge < -0.3 is 14.5 Å². The Kier molecular flexibility index (Phi) is 5.49. The Morgan fingerprint density at radius 2 is 1.94 bits per heavy atom. The van der Waals surface area contributed by atoms with Crippen LogP contribution in [-0.2, 0) is 13.0 Å². The second-order valence-electron chi connectivity index (χ2n) is 8.76. The van der Waals surface area contributed by atoms with Crippen molar-refractivity contribution in [1.82, 2.24) is 24.1 Å². The van der Waals surface area contributed by atoms with E-state index >= 15 is 0 Å². The first-order chi connectivity index (χ1) is 17.1. The van der Waals surface area contributed by atoms with Crippen molar-refractivity contribution in [3.8, 4) is 22.6 Å². The van der Waals surface area contributed by atoms with Gasteiger partial charge >= 0.3 is 0 Å². The van der Waals surface area contributed by atoms with Gasteiger partial charge in [-0.05, 0) is 67.3 Å². The number of aryl methyl sites for hydroxylation is 1. The number of aromatic nitrogens is 5. The Labute approximate surface area is 207 Å². The van der Waals surface area contributed by atoms with E-state index in [4.69, 9.17) is 21.6 Å². The molecule has 1 aliphatic heterocycles. The van der Waals surface area contributed by atoms with Crippen LogP contribution < -0.4 is 5.32 Å². The van der Waals surface area contributed by atoms with E-state index in [1.165, 1.54) is 12.1 Å². The largest absolute Gasteiger partial charge is 0.354 e. The summed E-state index contributed by atoms with van der Waals surface area (Å²) in [6, 6.07) is 16.7. The molecule has 3 aromatic heterocycles. The van der Waals surface area contributed by atoms with E-state index in [9.17, 15) is 4.39 Å². The summed E-state index contributed by atoms with van der Waals surface area (Å²) < 4.78 is 18.3. The van der Waals surface area contributed by atoms with Gasteiger partial charge in [-0.3, -0.25) is 0 Å². The van der Waals surface area contributed by atoms with Crippen LogP contribution in [0.15, 0.2) is 67.0 Å². The van der Waals surface area contributed by atoms with Crippen LogP contribution in [-0.4, -0.2) is 30.6 Å². The number of benzene rings is 2. The zero-order valence-electron chi connectivity index (χ0n) is 19.2. The van der Waals surface area contributed by atoms with Crippen LogP contribution in [0.3, 0.4) is 0 Å². The Hall–Kier alpha value is -3.71. The number of hydrogen-bond donors (Lipinski definition) is 1. The molecule has 0 bridgehead atoms. The van der Waals surface area contributed by atoms with E-state index in [-0.39, 0.29) is 11.9 Å². The number of halogens is 2. The van der Waals surface area contributed by atoms with Crippen LogP contribution in [0.2, 0.25) is 5.02 Å². The number of nitrogens with one attached hydrogen (secondary N) is 1. The molecular weight excluding hydrogens is 463 g/mol. The molecule has 2 aromatic carbocycles. The molecule has 0 fully saturated rings. The van der Waals surface area contributed by atoms with Crippen molar-refractivity contribution >= 4 is 28.5 Å². The highest BCUT2D eigenvalue weighted by Crippen LogP contribution is 2.40. The molecule has 1 aliphatic rings. The maximum absolute atomic E-state index is 13.7. The molecule has 176 valence electrons. The lowest BCUT2D eigenvalue weighted by Gasteiger charge is -2.19. The van der Waals surface area contributed by atoms with Gasteiger partial charge in [0.15, 0.2) is 0 Å². The molecule has 0 amide bonds. The van der Waals surface area contributed by atoms with Gasteiger partial charge in [0.25, 0.3) is 0 Å². The van der Waals surface area contributed by atoms with Crippen molar-refractivity contribution in [3.63, 3.8) is 0 Å². The highest BCUT2D eigenvalue weighted by Gasteiger charge is 2.31. The SMILES string of the molecule is CCNc1nccc(-c2c(-c3ccc(F)cc3)nc3n2C(Cn2ccc4ccc(Cl)cc42)CC3)n1. The standard InChI is InChI=1S/C27H24ClFN6/c1-2-30-27-31-13-11-22(32-27)26-25(18-4-7-20(29)8-5-18)33-24-10-9-21(35(24)26)16-34-14-12-17-3-6-19(28)15-23(17)34/h3-8,11-15,21H,2,9-10,16H2,1H3,(H,30,31,32). The Balaban J connectivity index is 1.48. The number of fused-ring (bicyclic) bond motifs is 2. The summed E-state index contributed by atoms with van der Waals surface area (Å²) in [7, 11) is 0. The van der Waals surface area contributed by atoms with Crippen molar-refractivity contribution in [2.75, 3.05) is 11.9 Å². The van der Waals surface area contributed by atoms with Crippen LogP contribution in [0.25, 0.3) is 33.5 Å². The number of imidazole rings is 1. The van der Waals surface area contributed by atoms with Crippen LogP contribution in [0.1, 0.15) is 25.2 Å². The summed E-state index contributed by atoms with van der Waals surface area (Å²) in [4.78, 5) is 14.2. The highest BCUT2D eigenvalue weighted by molar-refractivity contribution is 6.31. The monoisotopic (exact) mass is 486 g/mol. The van der Waals surface area contributed by atoms with Crippen molar-refractivity contribution in [3.05, 3.63) is 83.7 Å². The first kappa shape index (κ1) is 21.8. The van der Waals surface area contributed by atoms with Gasteiger partial charge in [-0.15, -0.1) is 0 Å². The predicted octanol–water partition coefficient (Wildman–Crippen LogP) is 6.37. The Morgan fingerprint density at radius 1 is 1.09 bits per heavy atom.